The number of hydrogen-bond donors (Lipinski definition) is 0. The summed E-state index contributed by atoms with van der Waals surface area (Å²) in [5.41, 5.74) is 1.98. The van der Waals surface area contributed by atoms with E-state index in [1.807, 2.05) is 31.2 Å². The first-order chi connectivity index (χ1) is 11.5. The molecule has 0 N–H and O–H groups in total. The summed E-state index contributed by atoms with van der Waals surface area (Å²) in [6, 6.07) is 7.52. The third-order valence-electron chi connectivity index (χ3n) is 4.09. The molecule has 0 bridgehead atoms. The van der Waals surface area contributed by atoms with Crippen molar-refractivity contribution in [2.24, 2.45) is 0 Å². The van der Waals surface area contributed by atoms with E-state index in [-0.39, 0.29) is 12.0 Å². The second-order valence-corrected chi connectivity index (χ2v) is 6.70. The van der Waals surface area contributed by atoms with E-state index in [2.05, 4.69) is 5.10 Å². The Balaban J connectivity index is 1.86. The number of ether oxygens (including phenoxy) is 1. The van der Waals surface area contributed by atoms with E-state index in [1.165, 1.54) is 0 Å². The average molecular weight is 368 g/mol. The van der Waals surface area contributed by atoms with Gasteiger partial charge in [0.15, 0.2) is 0 Å². The Morgan fingerprint density at radius 2 is 2.12 bits per heavy atom. The monoisotopic (exact) mass is 367 g/mol. The average Bonchev–Trinajstić information content (AvgIpc) is 2.83. The van der Waals surface area contributed by atoms with Crippen LogP contribution in [0.15, 0.2) is 24.3 Å². The maximum atomic E-state index is 12.8. The SMILES string of the molecule is Cc1nn(Cc2ccccc2Cl)c(Cl)c1C(=O)N1CCO[C@H](C)C1. The molecular formula is C17H19Cl2N3O2. The van der Waals surface area contributed by atoms with E-state index in [9.17, 15) is 4.79 Å². The fourth-order valence-electron chi connectivity index (χ4n) is 2.85. The highest BCUT2D eigenvalue weighted by molar-refractivity contribution is 6.33. The van der Waals surface area contributed by atoms with Gasteiger partial charge in [-0.2, -0.15) is 5.10 Å². The van der Waals surface area contributed by atoms with Crippen LogP contribution in [-0.4, -0.2) is 46.4 Å². The lowest BCUT2D eigenvalue weighted by molar-refractivity contribution is -0.0124. The molecule has 7 heteroatoms. The summed E-state index contributed by atoms with van der Waals surface area (Å²) < 4.78 is 7.11. The van der Waals surface area contributed by atoms with Crippen LogP contribution in [0.1, 0.15) is 28.5 Å². The molecule has 0 saturated carbocycles. The third kappa shape index (κ3) is 3.43. The zero-order valence-electron chi connectivity index (χ0n) is 13.6. The minimum atomic E-state index is -0.0990. The van der Waals surface area contributed by atoms with Crippen molar-refractivity contribution < 1.29 is 9.53 Å². The third-order valence-corrected chi connectivity index (χ3v) is 4.84. The summed E-state index contributed by atoms with van der Waals surface area (Å²) in [6.45, 7) is 5.84. The molecule has 0 unspecified atom stereocenters. The summed E-state index contributed by atoms with van der Waals surface area (Å²) in [5, 5.41) is 5.42. The largest absolute Gasteiger partial charge is 0.375 e. The van der Waals surface area contributed by atoms with Gasteiger partial charge < -0.3 is 9.64 Å². The van der Waals surface area contributed by atoms with Gasteiger partial charge in [0.2, 0.25) is 0 Å². The van der Waals surface area contributed by atoms with Crippen LogP contribution in [0, 0.1) is 6.92 Å². The van der Waals surface area contributed by atoms with E-state index in [1.54, 1.807) is 16.5 Å². The van der Waals surface area contributed by atoms with Gasteiger partial charge in [0.25, 0.3) is 5.91 Å². The minimum absolute atomic E-state index is 0.0277. The lowest BCUT2D eigenvalue weighted by Crippen LogP contribution is -2.44. The lowest BCUT2D eigenvalue weighted by Gasteiger charge is -2.31. The first-order valence-electron chi connectivity index (χ1n) is 7.84. The highest BCUT2D eigenvalue weighted by Gasteiger charge is 2.28. The van der Waals surface area contributed by atoms with E-state index >= 15 is 0 Å². The fraction of sp³-hybridized carbons (Fsp3) is 0.412. The molecule has 3 rings (SSSR count). The number of rotatable bonds is 3. The van der Waals surface area contributed by atoms with E-state index < -0.39 is 0 Å². The topological polar surface area (TPSA) is 47.4 Å². The number of carbonyl (C=O) groups is 1. The molecule has 1 aliphatic heterocycles. The van der Waals surface area contributed by atoms with Crippen LogP contribution < -0.4 is 0 Å². The zero-order chi connectivity index (χ0) is 17.3. The van der Waals surface area contributed by atoms with Gasteiger partial charge in [-0.25, -0.2) is 4.68 Å². The van der Waals surface area contributed by atoms with Crippen LogP contribution in [0.2, 0.25) is 10.2 Å². The molecule has 128 valence electrons. The molecule has 1 saturated heterocycles. The summed E-state index contributed by atoms with van der Waals surface area (Å²) >= 11 is 12.7. The van der Waals surface area contributed by atoms with Crippen LogP contribution in [0.5, 0.6) is 0 Å². The van der Waals surface area contributed by atoms with Crippen LogP contribution in [0.4, 0.5) is 0 Å². The summed E-state index contributed by atoms with van der Waals surface area (Å²) in [5.74, 6) is -0.0990. The molecule has 1 aromatic carbocycles. The van der Waals surface area contributed by atoms with Crippen molar-refractivity contribution in [2.75, 3.05) is 19.7 Å². The van der Waals surface area contributed by atoms with Crippen molar-refractivity contribution in [3.63, 3.8) is 0 Å². The maximum absolute atomic E-state index is 12.8. The van der Waals surface area contributed by atoms with Crippen LogP contribution >= 0.6 is 23.2 Å². The molecule has 0 aliphatic carbocycles. The van der Waals surface area contributed by atoms with Gasteiger partial charge in [-0.1, -0.05) is 41.4 Å². The predicted octanol–water partition coefficient (Wildman–Crippen LogP) is 3.41. The molecule has 1 aliphatic rings. The second kappa shape index (κ2) is 7.13. The highest BCUT2D eigenvalue weighted by atomic mass is 35.5. The van der Waals surface area contributed by atoms with Gasteiger partial charge in [0, 0.05) is 18.1 Å². The molecule has 2 heterocycles. The van der Waals surface area contributed by atoms with Crippen LogP contribution in [-0.2, 0) is 11.3 Å². The Kier molecular flexibility index (Phi) is 5.13. The quantitative estimate of drug-likeness (QED) is 0.834. The lowest BCUT2D eigenvalue weighted by atomic mass is 10.2. The Hall–Kier alpha value is -1.56. The van der Waals surface area contributed by atoms with E-state index in [4.69, 9.17) is 27.9 Å². The van der Waals surface area contributed by atoms with Crippen LogP contribution in [0.25, 0.3) is 0 Å². The Morgan fingerprint density at radius 1 is 1.38 bits per heavy atom. The summed E-state index contributed by atoms with van der Waals surface area (Å²) in [6.07, 6.45) is 0.0277. The maximum Gasteiger partial charge on any atom is 0.259 e. The number of morpholine rings is 1. The summed E-state index contributed by atoms with van der Waals surface area (Å²) in [4.78, 5) is 14.6. The molecule has 24 heavy (non-hydrogen) atoms. The molecular weight excluding hydrogens is 349 g/mol. The number of nitrogens with zero attached hydrogens (tertiary/aromatic N) is 3. The molecule has 1 atom stereocenters. The van der Waals surface area contributed by atoms with Gasteiger partial charge >= 0.3 is 0 Å². The Labute approximate surface area is 151 Å². The minimum Gasteiger partial charge on any atom is -0.375 e. The van der Waals surface area contributed by atoms with Crippen molar-refractivity contribution in [3.05, 3.63) is 51.3 Å². The highest BCUT2D eigenvalue weighted by Crippen LogP contribution is 2.25. The second-order valence-electron chi connectivity index (χ2n) is 5.93. The first kappa shape index (κ1) is 17.3. The molecule has 2 aromatic rings. The number of benzene rings is 1. The van der Waals surface area contributed by atoms with Crippen LogP contribution in [0.3, 0.4) is 0 Å². The van der Waals surface area contributed by atoms with Gasteiger partial charge in [-0.3, -0.25) is 4.79 Å². The van der Waals surface area contributed by atoms with Crippen molar-refractivity contribution in [3.8, 4) is 0 Å². The number of carbonyl (C=O) groups excluding carboxylic acids is 1. The van der Waals surface area contributed by atoms with E-state index in [0.717, 1.165) is 5.56 Å². The van der Waals surface area contributed by atoms with Crippen molar-refractivity contribution >= 4 is 29.1 Å². The summed E-state index contributed by atoms with van der Waals surface area (Å²) in [7, 11) is 0. The van der Waals surface area contributed by atoms with Gasteiger partial charge in [-0.15, -0.1) is 0 Å². The number of aromatic nitrogens is 2. The number of halogens is 2. The molecule has 1 aromatic heterocycles. The number of hydrogen-bond acceptors (Lipinski definition) is 3. The van der Waals surface area contributed by atoms with Gasteiger partial charge in [0.1, 0.15) is 5.15 Å². The standard InChI is InChI=1S/C17H19Cl2N3O2/c1-11-9-21(7-8-24-11)17(23)15-12(2)20-22(16(15)19)10-13-5-3-4-6-14(13)18/h3-6,11H,7-10H2,1-2H3/t11-/m1/s1. The van der Waals surface area contributed by atoms with Gasteiger partial charge in [-0.05, 0) is 25.5 Å². The normalized spacial score (nSPS) is 18.0. The van der Waals surface area contributed by atoms with E-state index in [0.29, 0.717) is 47.7 Å². The molecule has 0 radical (unpaired) electrons. The number of amides is 1. The Morgan fingerprint density at radius 3 is 2.83 bits per heavy atom. The van der Waals surface area contributed by atoms with Gasteiger partial charge in [0.05, 0.1) is 30.5 Å². The zero-order valence-corrected chi connectivity index (χ0v) is 15.1. The first-order valence-corrected chi connectivity index (χ1v) is 8.60. The fourth-order valence-corrected chi connectivity index (χ4v) is 3.36. The molecule has 5 nitrogen and oxygen atoms in total. The number of aryl methyl sites for hydroxylation is 1. The van der Waals surface area contributed by atoms with Crippen molar-refractivity contribution in [2.45, 2.75) is 26.5 Å². The Bertz CT molecular complexity index is 760. The predicted molar refractivity (Wildman–Crippen MR) is 93.8 cm³/mol. The molecule has 1 fully saturated rings. The van der Waals surface area contributed by atoms with Crippen molar-refractivity contribution in [1.29, 1.82) is 0 Å². The molecule has 0 spiro atoms. The smallest absolute Gasteiger partial charge is 0.259 e. The van der Waals surface area contributed by atoms with Crippen molar-refractivity contribution in [1.82, 2.24) is 14.7 Å². The molecule has 1 amide bonds.